The molecule has 0 atom stereocenters. The number of anilines is 1. The van der Waals surface area contributed by atoms with Crippen molar-refractivity contribution in [2.75, 3.05) is 19.5 Å². The standard InChI is InChI=1S/C28H24FN5O4/c1-16-17(2)31-26-10-11-30-34(26)28(16)38-24-9-8-18(14-22(24)29)27(35)33-25-7-5-6-23(32-25)19-12-20(36-3)15-21(13-19)37-4/h5-15H,1-4H3,(H,32,33,35). The first-order chi connectivity index (χ1) is 18.4. The van der Waals surface area contributed by atoms with E-state index in [1.54, 1.807) is 50.7 Å². The number of aromatic nitrogens is 4. The summed E-state index contributed by atoms with van der Waals surface area (Å²) in [6.45, 7) is 3.66. The molecule has 0 radical (unpaired) electrons. The number of halogens is 1. The molecule has 5 aromatic rings. The van der Waals surface area contributed by atoms with E-state index in [0.717, 1.165) is 22.9 Å². The van der Waals surface area contributed by atoms with E-state index in [4.69, 9.17) is 14.2 Å². The van der Waals surface area contributed by atoms with Gasteiger partial charge in [0.15, 0.2) is 17.2 Å². The van der Waals surface area contributed by atoms with E-state index in [0.29, 0.717) is 34.5 Å². The predicted octanol–water partition coefficient (Wildman–Crippen LogP) is 5.61. The number of aryl methyl sites for hydroxylation is 1. The molecular formula is C28H24FN5O4. The van der Waals surface area contributed by atoms with Crippen LogP contribution in [0.15, 0.2) is 66.9 Å². The first-order valence-corrected chi connectivity index (χ1v) is 11.7. The fourth-order valence-corrected chi connectivity index (χ4v) is 3.86. The Labute approximate surface area is 217 Å². The van der Waals surface area contributed by atoms with E-state index in [9.17, 15) is 4.79 Å². The molecule has 0 bridgehead atoms. The normalized spacial score (nSPS) is 10.9. The van der Waals surface area contributed by atoms with Gasteiger partial charge in [-0.15, -0.1) is 0 Å². The predicted molar refractivity (Wildman–Crippen MR) is 140 cm³/mol. The molecule has 0 fully saturated rings. The van der Waals surface area contributed by atoms with Crippen LogP contribution in [-0.4, -0.2) is 39.7 Å². The maximum absolute atomic E-state index is 15.0. The Balaban J connectivity index is 1.37. The Morgan fingerprint density at radius 1 is 0.947 bits per heavy atom. The second kappa shape index (κ2) is 10.2. The number of rotatable bonds is 7. The molecule has 0 saturated carbocycles. The van der Waals surface area contributed by atoms with Crippen molar-refractivity contribution in [3.05, 3.63) is 89.5 Å². The van der Waals surface area contributed by atoms with Crippen molar-refractivity contribution in [2.45, 2.75) is 13.8 Å². The van der Waals surface area contributed by atoms with Gasteiger partial charge in [0.05, 0.1) is 26.1 Å². The zero-order chi connectivity index (χ0) is 26.8. The van der Waals surface area contributed by atoms with Crippen LogP contribution in [0.4, 0.5) is 10.2 Å². The molecule has 0 unspecified atom stereocenters. The van der Waals surface area contributed by atoms with Gasteiger partial charge in [-0.25, -0.2) is 14.4 Å². The Morgan fingerprint density at radius 2 is 1.71 bits per heavy atom. The van der Waals surface area contributed by atoms with Gasteiger partial charge in [0.25, 0.3) is 5.91 Å². The molecule has 0 aliphatic rings. The monoisotopic (exact) mass is 513 g/mol. The summed E-state index contributed by atoms with van der Waals surface area (Å²) in [6, 6.07) is 16.3. The third kappa shape index (κ3) is 4.83. The van der Waals surface area contributed by atoms with Crippen molar-refractivity contribution < 1.29 is 23.4 Å². The van der Waals surface area contributed by atoms with E-state index < -0.39 is 11.7 Å². The molecule has 1 amide bonds. The van der Waals surface area contributed by atoms with Crippen LogP contribution < -0.4 is 19.5 Å². The summed E-state index contributed by atoms with van der Waals surface area (Å²) < 4.78 is 33.1. The van der Waals surface area contributed by atoms with Crippen LogP contribution in [0.2, 0.25) is 0 Å². The van der Waals surface area contributed by atoms with Crippen LogP contribution in [0.5, 0.6) is 23.1 Å². The lowest BCUT2D eigenvalue weighted by Crippen LogP contribution is -2.13. The smallest absolute Gasteiger partial charge is 0.256 e. The average Bonchev–Trinajstić information content (AvgIpc) is 3.39. The first-order valence-electron chi connectivity index (χ1n) is 11.7. The molecule has 10 heteroatoms. The number of hydrogen-bond acceptors (Lipinski definition) is 7. The molecule has 2 aromatic carbocycles. The summed E-state index contributed by atoms with van der Waals surface area (Å²) >= 11 is 0. The second-order valence-corrected chi connectivity index (χ2v) is 8.44. The van der Waals surface area contributed by atoms with Gasteiger partial charge < -0.3 is 19.5 Å². The van der Waals surface area contributed by atoms with Crippen molar-refractivity contribution in [1.29, 1.82) is 0 Å². The van der Waals surface area contributed by atoms with Gasteiger partial charge in [0, 0.05) is 34.5 Å². The number of fused-ring (bicyclic) bond motifs is 1. The Hall–Kier alpha value is -4.99. The zero-order valence-electron chi connectivity index (χ0n) is 21.2. The van der Waals surface area contributed by atoms with Crippen LogP contribution in [0.1, 0.15) is 21.6 Å². The Bertz CT molecular complexity index is 1640. The summed E-state index contributed by atoms with van der Waals surface area (Å²) in [5.41, 5.74) is 3.51. The first kappa shape index (κ1) is 24.7. The van der Waals surface area contributed by atoms with Crippen LogP contribution in [0.25, 0.3) is 16.9 Å². The van der Waals surface area contributed by atoms with Gasteiger partial charge in [-0.3, -0.25) is 4.79 Å². The molecule has 1 N–H and O–H groups in total. The van der Waals surface area contributed by atoms with E-state index in [-0.39, 0.29) is 11.3 Å². The highest BCUT2D eigenvalue weighted by molar-refractivity contribution is 6.04. The molecule has 0 aliphatic carbocycles. The van der Waals surface area contributed by atoms with Crippen molar-refractivity contribution in [2.24, 2.45) is 0 Å². The number of carbonyl (C=O) groups is 1. The van der Waals surface area contributed by atoms with E-state index >= 15 is 4.39 Å². The number of nitrogens with one attached hydrogen (secondary N) is 1. The van der Waals surface area contributed by atoms with Gasteiger partial charge >= 0.3 is 0 Å². The number of hydrogen-bond donors (Lipinski definition) is 1. The number of pyridine rings is 1. The number of carbonyl (C=O) groups excluding carboxylic acids is 1. The van der Waals surface area contributed by atoms with Crippen LogP contribution in [0, 0.1) is 19.7 Å². The van der Waals surface area contributed by atoms with Crippen molar-refractivity contribution in [3.8, 4) is 34.4 Å². The molecule has 9 nitrogen and oxygen atoms in total. The summed E-state index contributed by atoms with van der Waals surface area (Å²) in [4.78, 5) is 21.9. The third-order valence-electron chi connectivity index (χ3n) is 6.00. The van der Waals surface area contributed by atoms with Crippen LogP contribution in [0.3, 0.4) is 0 Å². The van der Waals surface area contributed by atoms with Gasteiger partial charge in [-0.05, 0) is 56.3 Å². The number of nitrogens with zero attached hydrogens (tertiary/aromatic N) is 4. The van der Waals surface area contributed by atoms with Gasteiger partial charge in [0.1, 0.15) is 17.3 Å². The topological polar surface area (TPSA) is 99.9 Å². The van der Waals surface area contributed by atoms with E-state index in [1.807, 2.05) is 26.0 Å². The molecule has 0 aliphatic heterocycles. The molecule has 5 rings (SSSR count). The molecular weight excluding hydrogens is 489 g/mol. The van der Waals surface area contributed by atoms with Crippen LogP contribution >= 0.6 is 0 Å². The zero-order valence-corrected chi connectivity index (χ0v) is 21.2. The van der Waals surface area contributed by atoms with E-state index in [1.165, 1.54) is 16.6 Å². The maximum atomic E-state index is 15.0. The summed E-state index contributed by atoms with van der Waals surface area (Å²) in [6.07, 6.45) is 1.59. The molecule has 0 spiro atoms. The maximum Gasteiger partial charge on any atom is 0.256 e. The lowest BCUT2D eigenvalue weighted by molar-refractivity contribution is 0.102. The SMILES string of the molecule is COc1cc(OC)cc(-c2cccc(NC(=O)c3ccc(Oc4c(C)c(C)nc5ccnn45)c(F)c3)n2)c1. The minimum atomic E-state index is -0.697. The van der Waals surface area contributed by atoms with Gasteiger partial charge in [-0.2, -0.15) is 9.61 Å². The highest BCUT2D eigenvalue weighted by Crippen LogP contribution is 2.31. The number of benzene rings is 2. The molecule has 38 heavy (non-hydrogen) atoms. The molecule has 3 aromatic heterocycles. The van der Waals surface area contributed by atoms with Crippen molar-refractivity contribution >= 4 is 17.4 Å². The highest BCUT2D eigenvalue weighted by atomic mass is 19.1. The fraction of sp³-hybridized carbons (Fsp3) is 0.143. The Morgan fingerprint density at radius 3 is 2.42 bits per heavy atom. The van der Waals surface area contributed by atoms with E-state index in [2.05, 4.69) is 20.4 Å². The lowest BCUT2D eigenvalue weighted by Gasteiger charge is -2.13. The lowest BCUT2D eigenvalue weighted by atomic mass is 10.1. The van der Waals surface area contributed by atoms with Crippen LogP contribution in [-0.2, 0) is 0 Å². The highest BCUT2D eigenvalue weighted by Gasteiger charge is 2.17. The van der Waals surface area contributed by atoms with Gasteiger partial charge in [0.2, 0.25) is 5.88 Å². The summed E-state index contributed by atoms with van der Waals surface area (Å²) in [7, 11) is 3.13. The second-order valence-electron chi connectivity index (χ2n) is 8.44. The molecule has 0 saturated heterocycles. The Kier molecular flexibility index (Phi) is 6.61. The fourth-order valence-electron chi connectivity index (χ4n) is 3.86. The number of amides is 1. The largest absolute Gasteiger partial charge is 0.497 e. The van der Waals surface area contributed by atoms with Gasteiger partial charge in [-0.1, -0.05) is 6.07 Å². The molecule has 3 heterocycles. The van der Waals surface area contributed by atoms with Crippen molar-refractivity contribution in [1.82, 2.24) is 19.6 Å². The number of ether oxygens (including phenoxy) is 3. The number of methoxy groups -OCH3 is 2. The summed E-state index contributed by atoms with van der Waals surface area (Å²) in [5.74, 6) is 0.616. The summed E-state index contributed by atoms with van der Waals surface area (Å²) in [5, 5.41) is 6.93. The molecule has 192 valence electrons. The van der Waals surface area contributed by atoms with Crippen molar-refractivity contribution in [3.63, 3.8) is 0 Å². The minimum absolute atomic E-state index is 0.0425. The quantitative estimate of drug-likeness (QED) is 0.302. The average molecular weight is 514 g/mol. The third-order valence-corrected chi connectivity index (χ3v) is 6.00. The minimum Gasteiger partial charge on any atom is -0.497 e.